The summed E-state index contributed by atoms with van der Waals surface area (Å²) < 4.78 is 4.61. The molecule has 1 aromatic heterocycles. The van der Waals surface area contributed by atoms with Crippen LogP contribution in [-0.4, -0.2) is 74.0 Å². The zero-order valence-electron chi connectivity index (χ0n) is 5.43. The van der Waals surface area contributed by atoms with Gasteiger partial charge in [0.1, 0.15) is 0 Å². The first-order valence-corrected chi connectivity index (χ1v) is 2.57. The van der Waals surface area contributed by atoms with E-state index in [-0.39, 0.29) is 51.4 Å². The van der Waals surface area contributed by atoms with Gasteiger partial charge in [0, 0.05) is 0 Å². The van der Waals surface area contributed by atoms with Crippen LogP contribution in [0.3, 0.4) is 0 Å². The number of aldehydes is 1. The molecule has 0 atom stereocenters. The summed E-state index contributed by atoms with van der Waals surface area (Å²) in [5, 5.41) is 13.9. The predicted octanol–water partition coefficient (Wildman–Crippen LogP) is 0.666. The third-order valence-corrected chi connectivity index (χ3v) is 0.659. The van der Waals surface area contributed by atoms with Crippen molar-refractivity contribution in [2.45, 2.75) is 0 Å². The van der Waals surface area contributed by atoms with E-state index in [1.807, 2.05) is 0 Å². The molecule has 5 nitrogen and oxygen atoms in total. The van der Waals surface area contributed by atoms with Gasteiger partial charge in [-0.15, -0.1) is 0 Å². The standard InChI is InChI=1S/C5H4O2.CH2O3.K.H/c6-4-5-2-1-3-7-5;2-1(3)4;;/h1-4H;(H2,2,3,4);;. The van der Waals surface area contributed by atoms with Crippen LogP contribution in [0.2, 0.25) is 0 Å². The van der Waals surface area contributed by atoms with E-state index in [0.717, 1.165) is 0 Å². The Bertz CT molecular complexity index is 214. The number of hydrogen-bond acceptors (Lipinski definition) is 3. The first-order chi connectivity index (χ1) is 5.16. The molecule has 0 bridgehead atoms. The van der Waals surface area contributed by atoms with Crippen molar-refractivity contribution in [3.63, 3.8) is 0 Å². The van der Waals surface area contributed by atoms with Crippen molar-refractivity contribution in [3.8, 4) is 0 Å². The maximum atomic E-state index is 9.77. The van der Waals surface area contributed by atoms with Crippen molar-refractivity contribution in [1.82, 2.24) is 0 Å². The van der Waals surface area contributed by atoms with Gasteiger partial charge in [-0.1, -0.05) is 0 Å². The molecular weight excluding hydrogens is 191 g/mol. The molecular formula is C6H7KO5. The van der Waals surface area contributed by atoms with Gasteiger partial charge in [0.25, 0.3) is 0 Å². The molecule has 0 aromatic carbocycles. The number of rotatable bonds is 1. The van der Waals surface area contributed by atoms with E-state index in [9.17, 15) is 4.79 Å². The molecule has 0 aliphatic carbocycles. The number of furan rings is 1. The van der Waals surface area contributed by atoms with Crippen LogP contribution in [0.5, 0.6) is 0 Å². The van der Waals surface area contributed by atoms with Crippen molar-refractivity contribution in [1.29, 1.82) is 0 Å². The number of hydrogen-bond donors (Lipinski definition) is 2. The molecule has 0 fully saturated rings. The van der Waals surface area contributed by atoms with Gasteiger partial charge in [0.05, 0.1) is 6.26 Å². The van der Waals surface area contributed by atoms with Crippen LogP contribution in [0.25, 0.3) is 0 Å². The second kappa shape index (κ2) is 8.95. The Morgan fingerprint density at radius 3 is 2.17 bits per heavy atom. The molecule has 62 valence electrons. The first kappa shape index (κ1) is 14.4. The summed E-state index contributed by atoms with van der Waals surface area (Å²) in [4.78, 5) is 18.3. The zero-order chi connectivity index (χ0) is 8.69. The fourth-order valence-corrected chi connectivity index (χ4v) is 0.358. The summed E-state index contributed by atoms with van der Waals surface area (Å²) in [6.45, 7) is 0. The van der Waals surface area contributed by atoms with Crippen LogP contribution in [-0.2, 0) is 0 Å². The average Bonchev–Trinajstić information content (AvgIpc) is 2.36. The van der Waals surface area contributed by atoms with Gasteiger partial charge in [0.2, 0.25) is 0 Å². The summed E-state index contributed by atoms with van der Waals surface area (Å²) >= 11 is 0. The summed E-state index contributed by atoms with van der Waals surface area (Å²) in [5.74, 6) is 0.375. The van der Waals surface area contributed by atoms with E-state index >= 15 is 0 Å². The Kier molecular flexibility index (Phi) is 10.7. The predicted molar refractivity (Wildman–Crippen MR) is 41.9 cm³/mol. The average molecular weight is 198 g/mol. The van der Waals surface area contributed by atoms with Gasteiger partial charge in [-0.2, -0.15) is 0 Å². The van der Waals surface area contributed by atoms with Gasteiger partial charge in [-0.25, -0.2) is 4.79 Å². The second-order valence-corrected chi connectivity index (χ2v) is 1.42. The van der Waals surface area contributed by atoms with Crippen molar-refractivity contribution in [2.75, 3.05) is 0 Å². The molecule has 12 heavy (non-hydrogen) atoms. The quantitative estimate of drug-likeness (QED) is 0.511. The first-order valence-electron chi connectivity index (χ1n) is 2.57. The molecule has 2 N–H and O–H groups in total. The molecule has 0 amide bonds. The SMILES string of the molecule is O=C(O)O.O=Cc1ccco1.[KH]. The molecule has 6 heteroatoms. The molecule has 0 unspecified atom stereocenters. The Labute approximate surface area is 111 Å². The van der Waals surface area contributed by atoms with Crippen LogP contribution >= 0.6 is 0 Å². The third kappa shape index (κ3) is 9.86. The Morgan fingerprint density at radius 1 is 1.50 bits per heavy atom. The van der Waals surface area contributed by atoms with E-state index in [1.54, 1.807) is 12.1 Å². The van der Waals surface area contributed by atoms with E-state index in [0.29, 0.717) is 12.0 Å². The van der Waals surface area contributed by atoms with Gasteiger partial charge < -0.3 is 14.6 Å². The summed E-state index contributed by atoms with van der Waals surface area (Å²) in [6, 6.07) is 3.27. The van der Waals surface area contributed by atoms with E-state index in [4.69, 9.17) is 15.0 Å². The van der Waals surface area contributed by atoms with Crippen LogP contribution in [0, 0.1) is 0 Å². The number of carboxylic acid groups (broad SMARTS) is 2. The van der Waals surface area contributed by atoms with Crippen LogP contribution in [0.15, 0.2) is 22.8 Å². The fraction of sp³-hybridized carbons (Fsp3) is 0. The minimum atomic E-state index is -1.83. The van der Waals surface area contributed by atoms with E-state index in [1.165, 1.54) is 6.26 Å². The number of carbonyl (C=O) groups is 2. The molecule has 0 spiro atoms. The van der Waals surface area contributed by atoms with Crippen LogP contribution < -0.4 is 0 Å². The van der Waals surface area contributed by atoms with Gasteiger partial charge in [-0.05, 0) is 12.1 Å². The maximum absolute atomic E-state index is 9.77. The molecule has 1 rings (SSSR count). The van der Waals surface area contributed by atoms with Crippen LogP contribution in [0.4, 0.5) is 4.79 Å². The molecule has 0 aliphatic rings. The topological polar surface area (TPSA) is 87.7 Å². The van der Waals surface area contributed by atoms with Gasteiger partial charge in [0.15, 0.2) is 12.0 Å². The molecule has 1 aromatic rings. The zero-order valence-corrected chi connectivity index (χ0v) is 5.43. The summed E-state index contributed by atoms with van der Waals surface area (Å²) in [5.41, 5.74) is 0. The van der Waals surface area contributed by atoms with Crippen molar-refractivity contribution < 1.29 is 24.2 Å². The molecule has 0 radical (unpaired) electrons. The normalized spacial score (nSPS) is 7.00. The number of carbonyl (C=O) groups excluding carboxylic acids is 1. The monoisotopic (exact) mass is 198 g/mol. The molecule has 0 saturated heterocycles. The Hall–Kier alpha value is -0.144. The second-order valence-electron chi connectivity index (χ2n) is 1.42. The van der Waals surface area contributed by atoms with Crippen molar-refractivity contribution in [2.24, 2.45) is 0 Å². The third-order valence-electron chi connectivity index (χ3n) is 0.659. The molecule has 0 saturated carbocycles. The Balaban J connectivity index is 0. The summed E-state index contributed by atoms with van der Waals surface area (Å²) in [6.07, 6.45) is 0.295. The summed E-state index contributed by atoms with van der Waals surface area (Å²) in [7, 11) is 0. The Morgan fingerprint density at radius 2 is 2.00 bits per heavy atom. The molecule has 1 heterocycles. The van der Waals surface area contributed by atoms with E-state index in [2.05, 4.69) is 4.42 Å². The molecule has 0 aliphatic heterocycles. The minimum absolute atomic E-state index is 0. The van der Waals surface area contributed by atoms with Crippen molar-refractivity contribution in [3.05, 3.63) is 24.2 Å². The van der Waals surface area contributed by atoms with Gasteiger partial charge >= 0.3 is 57.5 Å². The van der Waals surface area contributed by atoms with Gasteiger partial charge in [-0.3, -0.25) is 4.79 Å². The van der Waals surface area contributed by atoms with E-state index < -0.39 is 6.16 Å². The fourth-order valence-electron chi connectivity index (χ4n) is 0.358. The van der Waals surface area contributed by atoms with Crippen LogP contribution in [0.1, 0.15) is 10.6 Å². The van der Waals surface area contributed by atoms with Crippen molar-refractivity contribution >= 4 is 63.8 Å².